The van der Waals surface area contributed by atoms with Crippen molar-refractivity contribution in [1.82, 2.24) is 20.4 Å². The number of carbonyl (C=O) groups is 4. The van der Waals surface area contributed by atoms with E-state index in [0.29, 0.717) is 18.5 Å². The van der Waals surface area contributed by atoms with Gasteiger partial charge in [0.05, 0.1) is 19.2 Å². The lowest BCUT2D eigenvalue weighted by Gasteiger charge is -2.40. The van der Waals surface area contributed by atoms with E-state index in [-0.39, 0.29) is 23.6 Å². The molecular weight excluding hydrogens is 556 g/mol. The third-order valence-electron chi connectivity index (χ3n) is 8.86. The number of aryl methyl sites for hydroxylation is 2. The number of nitrogens with zero attached hydrogens (tertiary/aromatic N) is 2. The number of likely N-dealkylation sites (tertiary alicyclic amines) is 1. The molecule has 0 bridgehead atoms. The zero-order chi connectivity index (χ0) is 33.7. The molecule has 4 atom stereocenters. The monoisotopic (exact) mass is 612 g/mol. The highest BCUT2D eigenvalue weighted by Crippen LogP contribution is 2.31. The normalized spacial score (nSPS) is 18.1. The number of methoxy groups -OCH3 is 1. The molecule has 0 spiro atoms. The Kier molecular flexibility index (Phi) is 12.4. The predicted molar refractivity (Wildman–Crippen MR) is 175 cm³/mol. The molecule has 3 amide bonds. The molecule has 2 N–H and O–H groups in total. The van der Waals surface area contributed by atoms with Crippen LogP contribution in [0.1, 0.15) is 84.9 Å². The number of hydrogen-bond donors (Lipinski definition) is 2. The smallest absolute Gasteiger partial charge is 0.328 e. The average Bonchev–Trinajstić information content (AvgIpc) is 3.41. The van der Waals surface area contributed by atoms with Crippen LogP contribution in [0.4, 0.5) is 0 Å². The van der Waals surface area contributed by atoms with E-state index in [9.17, 15) is 19.2 Å². The van der Waals surface area contributed by atoms with E-state index in [1.54, 1.807) is 36.9 Å². The lowest BCUT2D eigenvalue weighted by atomic mass is 9.76. The molecule has 0 radical (unpaired) electrons. The van der Waals surface area contributed by atoms with Crippen molar-refractivity contribution in [3.63, 3.8) is 0 Å². The third-order valence-corrected chi connectivity index (χ3v) is 8.86. The maximum atomic E-state index is 14.2. The number of ether oxygens (including phenoxy) is 1. The molecule has 1 aliphatic rings. The standard InChI is InChI=1S/C35H56N4O5/c1-21(2)27(20-24(5)31(41)39-16-14-15-26(39)33(43)44-13)38(12)32(42)29(34(6,7)8)37-30(40)28(36-11)35(9,10)25-18-22(3)17-23(4)19-25/h17-21,26-29,36H,14-16H2,1-13H3,(H,37,40)/t26-,27+,28+,29+/m0/s1. The van der Waals surface area contributed by atoms with Crippen molar-refractivity contribution in [3.8, 4) is 0 Å². The van der Waals surface area contributed by atoms with Crippen molar-refractivity contribution in [2.45, 2.75) is 112 Å². The van der Waals surface area contributed by atoms with Gasteiger partial charge in [-0.3, -0.25) is 14.4 Å². The summed E-state index contributed by atoms with van der Waals surface area (Å²) in [6, 6.07) is 3.87. The summed E-state index contributed by atoms with van der Waals surface area (Å²) in [7, 11) is 4.81. The molecule has 1 fully saturated rings. The second-order valence-corrected chi connectivity index (χ2v) is 14.3. The summed E-state index contributed by atoms with van der Waals surface area (Å²) in [5.74, 6) is -1.18. The highest BCUT2D eigenvalue weighted by atomic mass is 16.5. The highest BCUT2D eigenvalue weighted by Gasteiger charge is 2.42. The van der Waals surface area contributed by atoms with E-state index in [1.807, 2.05) is 62.3 Å². The minimum atomic E-state index is -0.821. The fourth-order valence-electron chi connectivity index (χ4n) is 6.25. The number of rotatable bonds is 11. The van der Waals surface area contributed by atoms with Crippen LogP contribution in [0.2, 0.25) is 0 Å². The molecule has 0 aromatic heterocycles. The first kappa shape index (κ1) is 37.0. The molecule has 1 aromatic rings. The highest BCUT2D eigenvalue weighted by molar-refractivity contribution is 5.96. The van der Waals surface area contributed by atoms with Crippen LogP contribution >= 0.6 is 0 Å². The van der Waals surface area contributed by atoms with Gasteiger partial charge in [-0.2, -0.15) is 0 Å². The largest absolute Gasteiger partial charge is 0.467 e. The summed E-state index contributed by atoms with van der Waals surface area (Å²) in [5, 5.41) is 6.30. The molecule has 246 valence electrons. The maximum Gasteiger partial charge on any atom is 0.328 e. The van der Waals surface area contributed by atoms with Crippen LogP contribution in [0.3, 0.4) is 0 Å². The number of carbonyl (C=O) groups excluding carboxylic acids is 4. The van der Waals surface area contributed by atoms with Crippen LogP contribution < -0.4 is 10.6 Å². The summed E-state index contributed by atoms with van der Waals surface area (Å²) < 4.78 is 4.91. The molecule has 0 unspecified atom stereocenters. The van der Waals surface area contributed by atoms with E-state index >= 15 is 0 Å². The van der Waals surface area contributed by atoms with Gasteiger partial charge < -0.3 is 25.2 Å². The minimum absolute atomic E-state index is 0.0217. The molecule has 1 saturated heterocycles. The molecule has 1 aliphatic heterocycles. The van der Waals surface area contributed by atoms with E-state index in [4.69, 9.17) is 4.74 Å². The summed E-state index contributed by atoms with van der Waals surface area (Å²) in [6.07, 6.45) is 3.10. The summed E-state index contributed by atoms with van der Waals surface area (Å²) in [6.45, 7) is 20.1. The summed E-state index contributed by atoms with van der Waals surface area (Å²) in [4.78, 5) is 57.0. The number of likely N-dealkylation sites (N-methyl/N-ethyl adjacent to an activating group) is 2. The SMILES string of the molecule is CN[C@H](C(=O)N[C@H](C(=O)N(C)[C@H](C=C(C)C(=O)N1CCC[C@H]1C(=O)OC)C(C)C)C(C)(C)C)C(C)(C)c1cc(C)cc(C)c1. The Hall–Kier alpha value is -3.20. The first-order chi connectivity index (χ1) is 20.3. The topological polar surface area (TPSA) is 108 Å². The van der Waals surface area contributed by atoms with E-state index in [0.717, 1.165) is 23.1 Å². The predicted octanol–water partition coefficient (Wildman–Crippen LogP) is 4.29. The molecule has 44 heavy (non-hydrogen) atoms. The van der Waals surface area contributed by atoms with Gasteiger partial charge in [0, 0.05) is 24.6 Å². The number of amides is 3. The van der Waals surface area contributed by atoms with Crippen LogP contribution in [-0.2, 0) is 29.3 Å². The van der Waals surface area contributed by atoms with Crippen molar-refractivity contribution >= 4 is 23.7 Å². The Morgan fingerprint density at radius 2 is 1.59 bits per heavy atom. The Balaban J connectivity index is 2.37. The van der Waals surface area contributed by atoms with E-state index in [2.05, 4.69) is 28.8 Å². The van der Waals surface area contributed by atoms with Crippen LogP contribution in [0.25, 0.3) is 0 Å². The van der Waals surface area contributed by atoms with Gasteiger partial charge in [0.15, 0.2) is 0 Å². The second-order valence-electron chi connectivity index (χ2n) is 14.3. The lowest BCUT2D eigenvalue weighted by Crippen LogP contribution is -2.61. The number of hydrogen-bond acceptors (Lipinski definition) is 6. The van der Waals surface area contributed by atoms with Gasteiger partial charge in [-0.1, -0.05) is 83.9 Å². The van der Waals surface area contributed by atoms with Crippen LogP contribution in [0.5, 0.6) is 0 Å². The van der Waals surface area contributed by atoms with Crippen LogP contribution in [0, 0.1) is 25.2 Å². The Morgan fingerprint density at radius 3 is 2.07 bits per heavy atom. The van der Waals surface area contributed by atoms with Crippen LogP contribution in [0.15, 0.2) is 29.8 Å². The van der Waals surface area contributed by atoms with Gasteiger partial charge in [0.2, 0.25) is 17.7 Å². The van der Waals surface area contributed by atoms with Crippen molar-refractivity contribution in [2.24, 2.45) is 11.3 Å². The van der Waals surface area contributed by atoms with Crippen molar-refractivity contribution in [3.05, 3.63) is 46.5 Å². The number of benzene rings is 1. The molecule has 1 aromatic carbocycles. The molecule has 0 aliphatic carbocycles. The molecule has 2 rings (SSSR count). The Labute approximate surface area is 265 Å². The fourth-order valence-corrected chi connectivity index (χ4v) is 6.25. The van der Waals surface area contributed by atoms with Gasteiger partial charge in [0.1, 0.15) is 12.1 Å². The first-order valence-corrected chi connectivity index (χ1v) is 15.7. The average molecular weight is 613 g/mol. The lowest BCUT2D eigenvalue weighted by molar-refractivity contribution is -0.149. The van der Waals surface area contributed by atoms with E-state index < -0.39 is 41.0 Å². The zero-order valence-electron chi connectivity index (χ0n) is 29.3. The van der Waals surface area contributed by atoms with Crippen molar-refractivity contribution in [1.29, 1.82) is 0 Å². The number of nitrogens with one attached hydrogen (secondary N) is 2. The Morgan fingerprint density at radius 1 is 1.02 bits per heavy atom. The van der Waals surface area contributed by atoms with Gasteiger partial charge in [0.25, 0.3) is 0 Å². The summed E-state index contributed by atoms with van der Waals surface area (Å²) in [5.41, 5.74) is 2.59. The molecule has 9 nitrogen and oxygen atoms in total. The third kappa shape index (κ3) is 8.49. The number of esters is 1. The minimum Gasteiger partial charge on any atom is -0.467 e. The fraction of sp³-hybridized carbons (Fsp3) is 0.657. The maximum absolute atomic E-state index is 14.2. The molecule has 1 heterocycles. The summed E-state index contributed by atoms with van der Waals surface area (Å²) >= 11 is 0. The van der Waals surface area contributed by atoms with Gasteiger partial charge >= 0.3 is 5.97 Å². The second kappa shape index (κ2) is 14.7. The van der Waals surface area contributed by atoms with Gasteiger partial charge in [-0.25, -0.2) is 4.79 Å². The van der Waals surface area contributed by atoms with E-state index in [1.165, 1.54) is 7.11 Å². The van der Waals surface area contributed by atoms with Crippen molar-refractivity contribution in [2.75, 3.05) is 27.7 Å². The quantitative estimate of drug-likeness (QED) is 0.285. The Bertz CT molecular complexity index is 1230. The van der Waals surface area contributed by atoms with Crippen molar-refractivity contribution < 1.29 is 23.9 Å². The van der Waals surface area contributed by atoms with Gasteiger partial charge in [-0.15, -0.1) is 0 Å². The molecule has 0 saturated carbocycles. The first-order valence-electron chi connectivity index (χ1n) is 15.7. The molecule has 9 heteroatoms. The van der Waals surface area contributed by atoms with Crippen LogP contribution in [-0.4, -0.2) is 85.4 Å². The molecular formula is C35H56N4O5. The zero-order valence-corrected chi connectivity index (χ0v) is 29.3. The van der Waals surface area contributed by atoms with Gasteiger partial charge in [-0.05, 0) is 57.6 Å².